The van der Waals surface area contributed by atoms with Crippen LogP contribution in [0.3, 0.4) is 0 Å². The maximum atomic E-state index is 13.5. The second kappa shape index (κ2) is 10.1. The third-order valence-electron chi connectivity index (χ3n) is 5.39. The molecule has 0 atom stereocenters. The van der Waals surface area contributed by atoms with Gasteiger partial charge in [0, 0.05) is 22.9 Å². The van der Waals surface area contributed by atoms with E-state index in [1.807, 2.05) is 0 Å². The van der Waals surface area contributed by atoms with E-state index in [9.17, 15) is 36.3 Å². The molecule has 0 aromatic heterocycles. The van der Waals surface area contributed by atoms with Crippen molar-refractivity contribution in [1.82, 2.24) is 4.31 Å². The lowest BCUT2D eigenvalue weighted by atomic mass is 10.0. The number of amides is 1. The number of methoxy groups -OCH3 is 1. The second-order valence-corrected chi connectivity index (χ2v) is 9.72. The van der Waals surface area contributed by atoms with Gasteiger partial charge in [0.15, 0.2) is 5.76 Å². The van der Waals surface area contributed by atoms with Crippen LogP contribution in [0.5, 0.6) is 11.5 Å². The number of hydrogen-bond donors (Lipinski definition) is 2. The number of ketones is 1. The van der Waals surface area contributed by atoms with Crippen molar-refractivity contribution in [2.45, 2.75) is 11.3 Å². The van der Waals surface area contributed by atoms with E-state index in [4.69, 9.17) is 4.74 Å². The van der Waals surface area contributed by atoms with Gasteiger partial charge in [-0.25, -0.2) is 12.7 Å². The first-order valence-corrected chi connectivity index (χ1v) is 12.2. The Kier molecular flexibility index (Phi) is 7.05. The minimum atomic E-state index is -4.96. The minimum absolute atomic E-state index is 0.0751. The van der Waals surface area contributed by atoms with E-state index in [0.717, 1.165) is 12.1 Å². The largest absolute Gasteiger partial charge is 0.573 e. The van der Waals surface area contributed by atoms with E-state index >= 15 is 0 Å². The Balaban J connectivity index is 1.73. The summed E-state index contributed by atoms with van der Waals surface area (Å²) in [5.74, 6) is -2.72. The predicted octanol–water partition coefficient (Wildman–Crippen LogP) is 4.35. The number of carbonyl (C=O) groups is 2. The van der Waals surface area contributed by atoms with Crippen LogP contribution >= 0.6 is 0 Å². The van der Waals surface area contributed by atoms with Crippen molar-refractivity contribution >= 4 is 33.2 Å². The van der Waals surface area contributed by atoms with E-state index in [2.05, 4.69) is 10.1 Å². The fraction of sp³-hybridized carbons (Fsp3) is 0.120. The van der Waals surface area contributed by atoms with Crippen LogP contribution in [0.2, 0.25) is 0 Å². The van der Waals surface area contributed by atoms with Gasteiger partial charge in [-0.1, -0.05) is 18.2 Å². The Morgan fingerprint density at radius 2 is 1.68 bits per heavy atom. The molecule has 0 radical (unpaired) electrons. The second-order valence-electron chi connectivity index (χ2n) is 7.89. The number of aliphatic hydroxyl groups excluding tert-OH is 1. The van der Waals surface area contributed by atoms with Crippen molar-refractivity contribution in [3.63, 3.8) is 0 Å². The average molecular weight is 548 g/mol. The van der Waals surface area contributed by atoms with Crippen LogP contribution < -0.4 is 14.8 Å². The van der Waals surface area contributed by atoms with Crippen molar-refractivity contribution < 1.29 is 45.8 Å². The zero-order valence-corrected chi connectivity index (χ0v) is 20.3. The van der Waals surface area contributed by atoms with E-state index in [0.29, 0.717) is 10.1 Å². The van der Waals surface area contributed by atoms with E-state index < -0.39 is 51.8 Å². The third-order valence-corrected chi connectivity index (χ3v) is 7.19. The molecule has 1 heterocycles. The topological polar surface area (TPSA) is 122 Å². The van der Waals surface area contributed by atoms with Gasteiger partial charge in [-0.15, -0.1) is 13.2 Å². The molecule has 1 aliphatic heterocycles. The number of anilines is 1. The van der Waals surface area contributed by atoms with Gasteiger partial charge in [0.05, 0.1) is 12.0 Å². The van der Waals surface area contributed by atoms with Crippen LogP contribution in [-0.4, -0.2) is 49.5 Å². The number of Topliss-reactive ketones (excluding diaryl/α,β-unsaturated/α-hetero) is 1. The molecule has 1 aliphatic rings. The molecule has 13 heteroatoms. The quantitative estimate of drug-likeness (QED) is 0.347. The monoisotopic (exact) mass is 548 g/mol. The standard InChI is InChI=1S/C25H19F3N2O7S/c1-36-17-11-9-15(10-12-17)23(32)22-24(33)19-7-2-3-8-20(19)38(34,35)30(22)14-21(31)29-16-5-4-6-18(13-16)37-25(26,27)28/h2-13,32H,14H2,1H3,(H,29,31). The van der Waals surface area contributed by atoms with Gasteiger partial charge in [0.1, 0.15) is 23.7 Å². The van der Waals surface area contributed by atoms with Gasteiger partial charge in [0.2, 0.25) is 11.7 Å². The molecule has 0 saturated heterocycles. The predicted molar refractivity (Wildman–Crippen MR) is 129 cm³/mol. The lowest BCUT2D eigenvalue weighted by molar-refractivity contribution is -0.274. The number of fused-ring (bicyclic) bond motifs is 1. The van der Waals surface area contributed by atoms with Crippen molar-refractivity contribution in [2.24, 2.45) is 0 Å². The van der Waals surface area contributed by atoms with Gasteiger partial charge in [-0.3, -0.25) is 9.59 Å². The SMILES string of the molecule is COc1ccc(C(O)=C2C(=O)c3ccccc3S(=O)(=O)N2CC(=O)Nc2cccc(OC(F)(F)F)c2)cc1. The number of alkyl halides is 3. The van der Waals surface area contributed by atoms with Crippen LogP contribution in [-0.2, 0) is 14.8 Å². The molecule has 0 bridgehead atoms. The van der Waals surface area contributed by atoms with E-state index in [-0.39, 0.29) is 21.7 Å². The highest BCUT2D eigenvalue weighted by Crippen LogP contribution is 2.35. The minimum Gasteiger partial charge on any atom is -0.505 e. The lowest BCUT2D eigenvalue weighted by Gasteiger charge is -2.31. The van der Waals surface area contributed by atoms with Gasteiger partial charge in [-0.2, -0.15) is 0 Å². The molecule has 198 valence electrons. The lowest BCUT2D eigenvalue weighted by Crippen LogP contribution is -2.43. The van der Waals surface area contributed by atoms with Gasteiger partial charge < -0.3 is 19.9 Å². The Bertz CT molecular complexity index is 1540. The normalized spacial score (nSPS) is 15.9. The van der Waals surface area contributed by atoms with Crippen molar-refractivity contribution in [2.75, 3.05) is 19.0 Å². The van der Waals surface area contributed by atoms with Gasteiger partial charge >= 0.3 is 6.36 Å². The third kappa shape index (κ3) is 5.42. The molecule has 0 spiro atoms. The summed E-state index contributed by atoms with van der Waals surface area (Å²) in [5.41, 5.74) is -0.914. The summed E-state index contributed by atoms with van der Waals surface area (Å²) in [7, 11) is -3.09. The summed E-state index contributed by atoms with van der Waals surface area (Å²) >= 11 is 0. The highest BCUT2D eigenvalue weighted by Gasteiger charge is 2.42. The summed E-state index contributed by atoms with van der Waals surface area (Å²) in [5, 5.41) is 13.3. The van der Waals surface area contributed by atoms with Crippen LogP contribution in [0.1, 0.15) is 15.9 Å². The molecule has 3 aromatic carbocycles. The fourth-order valence-electron chi connectivity index (χ4n) is 3.74. The molecule has 0 saturated carbocycles. The first kappa shape index (κ1) is 26.5. The Labute approximate surface area is 214 Å². The molecule has 2 N–H and O–H groups in total. The molecule has 0 aliphatic carbocycles. The van der Waals surface area contributed by atoms with Crippen LogP contribution in [0, 0.1) is 0 Å². The highest BCUT2D eigenvalue weighted by molar-refractivity contribution is 7.89. The number of halogens is 3. The molecule has 3 aromatic rings. The van der Waals surface area contributed by atoms with Crippen molar-refractivity contribution in [3.05, 3.63) is 89.6 Å². The first-order chi connectivity index (χ1) is 17.9. The first-order valence-electron chi connectivity index (χ1n) is 10.8. The maximum Gasteiger partial charge on any atom is 0.573 e. The molecule has 1 amide bonds. The zero-order valence-electron chi connectivity index (χ0n) is 19.5. The average Bonchev–Trinajstić information content (AvgIpc) is 2.86. The molecule has 38 heavy (non-hydrogen) atoms. The number of ether oxygens (including phenoxy) is 2. The summed E-state index contributed by atoms with van der Waals surface area (Å²) in [6, 6.07) is 15.4. The summed E-state index contributed by atoms with van der Waals surface area (Å²) in [4.78, 5) is 25.9. The van der Waals surface area contributed by atoms with E-state index in [1.165, 1.54) is 67.8 Å². The van der Waals surface area contributed by atoms with Gasteiger partial charge in [-0.05, 0) is 48.5 Å². The zero-order chi connectivity index (χ0) is 27.7. The number of nitrogens with one attached hydrogen (secondary N) is 1. The van der Waals surface area contributed by atoms with Gasteiger partial charge in [0.25, 0.3) is 10.0 Å². The Morgan fingerprint density at radius 1 is 1.00 bits per heavy atom. The number of aliphatic hydroxyl groups is 1. The summed E-state index contributed by atoms with van der Waals surface area (Å²) in [6.07, 6.45) is -4.96. The van der Waals surface area contributed by atoms with E-state index in [1.54, 1.807) is 0 Å². The molecular weight excluding hydrogens is 529 g/mol. The highest BCUT2D eigenvalue weighted by atomic mass is 32.2. The van der Waals surface area contributed by atoms with Crippen molar-refractivity contribution in [3.8, 4) is 11.5 Å². The Hall–Kier alpha value is -4.52. The number of nitrogens with zero attached hydrogens (tertiary/aromatic N) is 1. The number of sulfonamides is 1. The smallest absolute Gasteiger partial charge is 0.505 e. The molecule has 0 unspecified atom stereocenters. The molecular formula is C25H19F3N2O7S. The maximum absolute atomic E-state index is 13.5. The number of hydrogen-bond acceptors (Lipinski definition) is 7. The van der Waals surface area contributed by atoms with Crippen molar-refractivity contribution in [1.29, 1.82) is 0 Å². The van der Waals surface area contributed by atoms with Crippen LogP contribution in [0.25, 0.3) is 5.76 Å². The number of carbonyl (C=O) groups excluding carboxylic acids is 2. The number of benzene rings is 3. The van der Waals surface area contributed by atoms with Crippen LogP contribution in [0.15, 0.2) is 83.4 Å². The number of allylic oxidation sites excluding steroid dienone is 1. The molecule has 0 fully saturated rings. The van der Waals surface area contributed by atoms with Crippen LogP contribution in [0.4, 0.5) is 18.9 Å². The molecule has 4 rings (SSSR count). The molecule has 9 nitrogen and oxygen atoms in total. The fourth-order valence-corrected chi connectivity index (χ4v) is 5.36. The Morgan fingerprint density at radius 3 is 2.34 bits per heavy atom. The number of rotatable bonds is 6. The summed E-state index contributed by atoms with van der Waals surface area (Å²) < 4.78 is 73.9. The summed E-state index contributed by atoms with van der Waals surface area (Å²) in [6.45, 7) is -0.970.